The van der Waals surface area contributed by atoms with Gasteiger partial charge >= 0.3 is 18.1 Å². The summed E-state index contributed by atoms with van der Waals surface area (Å²) < 4.78 is 37.8. The normalized spacial score (nSPS) is 37.0. The van der Waals surface area contributed by atoms with Crippen LogP contribution in [0.4, 0.5) is 13.2 Å². The Morgan fingerprint density at radius 1 is 1.15 bits per heavy atom. The van der Waals surface area contributed by atoms with Crippen molar-refractivity contribution < 1.29 is 27.9 Å². The minimum Gasteiger partial charge on any atom is -0.481 e. The van der Waals surface area contributed by atoms with Crippen molar-refractivity contribution in [3.63, 3.8) is 0 Å². The molecule has 0 aromatic heterocycles. The molecule has 1 N–H and O–H groups in total. The van der Waals surface area contributed by atoms with Crippen molar-refractivity contribution in [2.24, 2.45) is 16.7 Å². The lowest BCUT2D eigenvalue weighted by Gasteiger charge is -2.65. The van der Waals surface area contributed by atoms with Gasteiger partial charge in [0.25, 0.3) is 0 Å². The van der Waals surface area contributed by atoms with Gasteiger partial charge in [0, 0.05) is 13.1 Å². The number of fused-ring (bicyclic) bond motifs is 2. The quantitative estimate of drug-likeness (QED) is 0.847. The third-order valence-corrected chi connectivity index (χ3v) is 5.33. The Kier molecular flexibility index (Phi) is 2.66. The lowest BCUT2D eigenvalue weighted by Crippen LogP contribution is -2.70. The van der Waals surface area contributed by atoms with E-state index in [2.05, 4.69) is 0 Å². The molecular formula is C13H16F3NO3. The molecule has 7 heteroatoms. The zero-order valence-corrected chi connectivity index (χ0v) is 10.9. The van der Waals surface area contributed by atoms with E-state index < -0.39 is 28.9 Å². The second-order valence-corrected chi connectivity index (χ2v) is 6.59. The van der Waals surface area contributed by atoms with E-state index in [1.165, 1.54) is 0 Å². The molecule has 2 heterocycles. The Morgan fingerprint density at radius 3 is 2.15 bits per heavy atom. The largest absolute Gasteiger partial charge is 0.481 e. The van der Waals surface area contributed by atoms with Crippen LogP contribution >= 0.6 is 0 Å². The molecule has 0 radical (unpaired) electrons. The average molecular weight is 291 g/mol. The Hall–Kier alpha value is -1.27. The van der Waals surface area contributed by atoms with Gasteiger partial charge in [-0.3, -0.25) is 9.59 Å². The molecule has 4 nitrogen and oxygen atoms in total. The van der Waals surface area contributed by atoms with Gasteiger partial charge in [-0.05, 0) is 37.0 Å². The number of carboxylic acid groups (broad SMARTS) is 1. The standard InChI is InChI=1S/C13H16F3NO3/c14-13(15,16)9(18)17-6-11(8-2-1-3-8)4-12(5-11,7-17)10(19)20/h8H,1-7H2,(H,19,20). The maximum absolute atomic E-state index is 12.6. The molecule has 0 spiro atoms. The first-order valence-electron chi connectivity index (χ1n) is 6.78. The van der Waals surface area contributed by atoms with Crippen molar-refractivity contribution in [2.75, 3.05) is 13.1 Å². The van der Waals surface area contributed by atoms with E-state index in [9.17, 15) is 27.9 Å². The van der Waals surface area contributed by atoms with Crippen LogP contribution in [0.25, 0.3) is 0 Å². The fourth-order valence-electron chi connectivity index (χ4n) is 4.30. The van der Waals surface area contributed by atoms with Crippen LogP contribution in [-0.2, 0) is 9.59 Å². The van der Waals surface area contributed by atoms with E-state index in [0.29, 0.717) is 12.8 Å². The minimum atomic E-state index is -4.93. The van der Waals surface area contributed by atoms with Gasteiger partial charge in [0.1, 0.15) is 0 Å². The lowest BCUT2D eigenvalue weighted by molar-refractivity contribution is -0.222. The molecule has 0 atom stereocenters. The molecule has 2 bridgehead atoms. The monoisotopic (exact) mass is 291 g/mol. The van der Waals surface area contributed by atoms with Gasteiger partial charge < -0.3 is 10.0 Å². The highest BCUT2D eigenvalue weighted by atomic mass is 19.4. The number of hydrogen-bond donors (Lipinski definition) is 1. The van der Waals surface area contributed by atoms with Crippen molar-refractivity contribution in [3.8, 4) is 0 Å². The second kappa shape index (κ2) is 3.89. The summed E-state index contributed by atoms with van der Waals surface area (Å²) in [5.41, 5.74) is -1.55. The minimum absolute atomic E-state index is 0.0606. The third-order valence-electron chi connectivity index (χ3n) is 5.33. The SMILES string of the molecule is O=C(N1CC2(C(=O)O)CC(C3CCC3)(C1)C2)C(F)(F)F. The third kappa shape index (κ3) is 1.74. The number of rotatable bonds is 2. The summed E-state index contributed by atoms with van der Waals surface area (Å²) in [6.45, 7) is -0.250. The van der Waals surface area contributed by atoms with Gasteiger partial charge in [-0.25, -0.2) is 0 Å². The highest BCUT2D eigenvalue weighted by Gasteiger charge is 2.68. The molecule has 4 rings (SSSR count). The van der Waals surface area contributed by atoms with Crippen molar-refractivity contribution in [1.29, 1.82) is 0 Å². The first-order valence-corrected chi connectivity index (χ1v) is 6.78. The van der Waals surface area contributed by atoms with Crippen molar-refractivity contribution in [2.45, 2.75) is 38.3 Å². The highest BCUT2D eigenvalue weighted by molar-refractivity contribution is 5.84. The predicted molar refractivity (Wildman–Crippen MR) is 61.7 cm³/mol. The van der Waals surface area contributed by atoms with E-state index in [0.717, 1.165) is 24.2 Å². The molecule has 0 aromatic carbocycles. The number of carboxylic acids is 1. The molecule has 112 valence electrons. The van der Waals surface area contributed by atoms with Crippen LogP contribution < -0.4 is 0 Å². The molecule has 0 unspecified atom stereocenters. The van der Waals surface area contributed by atoms with Crippen LogP contribution in [0.3, 0.4) is 0 Å². The zero-order valence-electron chi connectivity index (χ0n) is 10.9. The Bertz CT molecular complexity index is 464. The number of aliphatic carboxylic acids is 1. The Labute approximate surface area is 113 Å². The smallest absolute Gasteiger partial charge is 0.471 e. The first kappa shape index (κ1) is 13.7. The second-order valence-electron chi connectivity index (χ2n) is 6.59. The summed E-state index contributed by atoms with van der Waals surface area (Å²) in [5.74, 6) is -2.70. The number of halogens is 3. The molecule has 2 saturated heterocycles. The molecule has 4 aliphatic rings. The molecule has 2 aliphatic heterocycles. The van der Waals surface area contributed by atoms with Gasteiger partial charge in [0.15, 0.2) is 0 Å². The number of piperidine rings is 2. The van der Waals surface area contributed by atoms with E-state index >= 15 is 0 Å². The summed E-state index contributed by atoms with van der Waals surface area (Å²) in [5, 5.41) is 9.31. The molecule has 2 aliphatic carbocycles. The Morgan fingerprint density at radius 2 is 1.75 bits per heavy atom. The van der Waals surface area contributed by atoms with Crippen molar-refractivity contribution >= 4 is 11.9 Å². The van der Waals surface area contributed by atoms with E-state index in [1.54, 1.807) is 0 Å². The van der Waals surface area contributed by atoms with Crippen molar-refractivity contribution in [3.05, 3.63) is 0 Å². The molecule has 4 fully saturated rings. The number of carbonyl (C=O) groups is 2. The molecule has 2 saturated carbocycles. The fourth-order valence-corrected chi connectivity index (χ4v) is 4.30. The molecule has 0 aromatic rings. The average Bonchev–Trinajstić information content (AvgIpc) is 2.22. The summed E-state index contributed by atoms with van der Waals surface area (Å²) in [6.07, 6.45) is -1.18. The van der Waals surface area contributed by atoms with Gasteiger partial charge in [-0.15, -0.1) is 0 Å². The van der Waals surface area contributed by atoms with E-state index in [4.69, 9.17) is 0 Å². The van der Waals surface area contributed by atoms with Crippen LogP contribution in [0.5, 0.6) is 0 Å². The van der Waals surface area contributed by atoms with E-state index in [-0.39, 0.29) is 19.0 Å². The number of amides is 1. The maximum Gasteiger partial charge on any atom is 0.471 e. The van der Waals surface area contributed by atoms with Crippen LogP contribution in [0, 0.1) is 16.7 Å². The zero-order chi connectivity index (χ0) is 14.8. The van der Waals surface area contributed by atoms with Crippen LogP contribution in [0.15, 0.2) is 0 Å². The highest BCUT2D eigenvalue weighted by Crippen LogP contribution is 2.65. The molecule has 20 heavy (non-hydrogen) atoms. The Balaban J connectivity index is 1.84. The first-order chi connectivity index (χ1) is 9.19. The van der Waals surface area contributed by atoms with Gasteiger partial charge in [0.05, 0.1) is 5.41 Å². The summed E-state index contributed by atoms with van der Waals surface area (Å²) in [6, 6.07) is 0. The summed E-state index contributed by atoms with van der Waals surface area (Å²) >= 11 is 0. The van der Waals surface area contributed by atoms with Crippen LogP contribution in [0.1, 0.15) is 32.1 Å². The van der Waals surface area contributed by atoms with Gasteiger partial charge in [-0.2, -0.15) is 13.2 Å². The summed E-state index contributed by atoms with van der Waals surface area (Å²) in [7, 11) is 0. The van der Waals surface area contributed by atoms with Crippen LogP contribution in [0.2, 0.25) is 0 Å². The number of nitrogens with zero attached hydrogens (tertiary/aromatic N) is 1. The summed E-state index contributed by atoms with van der Waals surface area (Å²) in [4.78, 5) is 23.5. The predicted octanol–water partition coefficient (Wildman–Crippen LogP) is 2.04. The topological polar surface area (TPSA) is 57.6 Å². The number of hydrogen-bond acceptors (Lipinski definition) is 2. The van der Waals surface area contributed by atoms with Crippen molar-refractivity contribution in [1.82, 2.24) is 4.90 Å². The van der Waals surface area contributed by atoms with Gasteiger partial charge in [0.2, 0.25) is 0 Å². The number of carbonyl (C=O) groups excluding carboxylic acids is 1. The number of alkyl halides is 3. The molecular weight excluding hydrogens is 275 g/mol. The van der Waals surface area contributed by atoms with Gasteiger partial charge in [-0.1, -0.05) is 6.42 Å². The lowest BCUT2D eigenvalue weighted by atomic mass is 9.43. The van der Waals surface area contributed by atoms with Crippen LogP contribution in [-0.4, -0.2) is 41.1 Å². The fraction of sp³-hybridized carbons (Fsp3) is 0.846. The van der Waals surface area contributed by atoms with E-state index in [1.807, 2.05) is 0 Å². The maximum atomic E-state index is 12.6. The molecule has 1 amide bonds.